The Bertz CT molecular complexity index is 784. The van der Waals surface area contributed by atoms with Gasteiger partial charge in [-0.1, -0.05) is 36.2 Å². The zero-order chi connectivity index (χ0) is 18.3. The molecule has 2 aliphatic rings. The number of carbonyl (C=O) groups excluding carboxylic acids is 1. The van der Waals surface area contributed by atoms with E-state index in [1.807, 2.05) is 38.1 Å². The number of hydrogen-bond donors (Lipinski definition) is 1. The van der Waals surface area contributed by atoms with Crippen LogP contribution in [0.1, 0.15) is 51.1 Å². The maximum atomic E-state index is 12.7. The number of nitrogens with zero attached hydrogens (tertiary/aromatic N) is 4. The van der Waals surface area contributed by atoms with Crippen molar-refractivity contribution in [1.82, 2.24) is 25.5 Å². The van der Waals surface area contributed by atoms with Gasteiger partial charge in [0.25, 0.3) is 0 Å². The summed E-state index contributed by atoms with van der Waals surface area (Å²) in [5, 5.41) is 15.8. The maximum Gasteiger partial charge on any atom is 0.246 e. The van der Waals surface area contributed by atoms with Gasteiger partial charge in [0.1, 0.15) is 6.04 Å². The lowest BCUT2D eigenvalue weighted by molar-refractivity contribution is -0.125. The highest BCUT2D eigenvalue weighted by molar-refractivity contribution is 5.80. The smallest absolute Gasteiger partial charge is 0.246 e. The summed E-state index contributed by atoms with van der Waals surface area (Å²) in [4.78, 5) is 14.1. The summed E-state index contributed by atoms with van der Waals surface area (Å²) in [5.74, 6) is 2.81. The SMILES string of the molecule is Cc1ccc(-c2nnn(C(C)C(=O)NC(C)C3CC4CCC3C4)n2)cc1. The average Bonchev–Trinajstić information content (AvgIpc) is 3.38. The molecule has 0 spiro atoms. The minimum Gasteiger partial charge on any atom is -0.351 e. The minimum atomic E-state index is -0.470. The molecule has 2 aliphatic carbocycles. The van der Waals surface area contributed by atoms with Crippen LogP contribution in [0.25, 0.3) is 11.4 Å². The fourth-order valence-corrected chi connectivity index (χ4v) is 4.67. The zero-order valence-corrected chi connectivity index (χ0v) is 15.7. The van der Waals surface area contributed by atoms with Crippen LogP contribution in [0.5, 0.6) is 0 Å². The molecule has 2 aromatic rings. The Morgan fingerprint density at radius 2 is 1.96 bits per heavy atom. The van der Waals surface area contributed by atoms with Crippen molar-refractivity contribution in [1.29, 1.82) is 0 Å². The summed E-state index contributed by atoms with van der Waals surface area (Å²) >= 11 is 0. The topological polar surface area (TPSA) is 72.7 Å². The molecular formula is C20H27N5O. The van der Waals surface area contributed by atoms with Crippen LogP contribution >= 0.6 is 0 Å². The van der Waals surface area contributed by atoms with Crippen molar-refractivity contribution in [3.05, 3.63) is 29.8 Å². The van der Waals surface area contributed by atoms with E-state index in [-0.39, 0.29) is 11.9 Å². The summed E-state index contributed by atoms with van der Waals surface area (Å²) in [6.45, 7) is 6.00. The molecule has 2 saturated carbocycles. The molecule has 5 unspecified atom stereocenters. The molecule has 1 aromatic heterocycles. The molecule has 6 heteroatoms. The fourth-order valence-electron chi connectivity index (χ4n) is 4.67. The molecule has 0 aliphatic heterocycles. The van der Waals surface area contributed by atoms with Gasteiger partial charge in [-0.3, -0.25) is 4.79 Å². The summed E-state index contributed by atoms with van der Waals surface area (Å²) < 4.78 is 0. The van der Waals surface area contributed by atoms with Crippen LogP contribution in [0.2, 0.25) is 0 Å². The highest BCUT2D eigenvalue weighted by atomic mass is 16.2. The monoisotopic (exact) mass is 353 g/mol. The Balaban J connectivity index is 1.40. The van der Waals surface area contributed by atoms with Crippen LogP contribution in [0, 0.1) is 24.7 Å². The molecule has 1 N–H and O–H groups in total. The van der Waals surface area contributed by atoms with Gasteiger partial charge in [-0.15, -0.1) is 10.2 Å². The largest absolute Gasteiger partial charge is 0.351 e. The van der Waals surface area contributed by atoms with E-state index in [1.54, 1.807) is 0 Å². The molecule has 4 rings (SSSR count). The van der Waals surface area contributed by atoms with E-state index in [2.05, 4.69) is 27.7 Å². The lowest BCUT2D eigenvalue weighted by Crippen LogP contribution is -2.43. The quantitative estimate of drug-likeness (QED) is 0.896. The number of rotatable bonds is 5. The van der Waals surface area contributed by atoms with Crippen LogP contribution in [-0.4, -0.2) is 32.2 Å². The lowest BCUT2D eigenvalue weighted by Gasteiger charge is -2.29. The first-order valence-electron chi connectivity index (χ1n) is 9.68. The molecule has 2 fully saturated rings. The third-order valence-electron chi connectivity index (χ3n) is 6.27. The number of benzene rings is 1. The van der Waals surface area contributed by atoms with Crippen LogP contribution in [-0.2, 0) is 4.79 Å². The third-order valence-corrected chi connectivity index (χ3v) is 6.27. The average molecular weight is 353 g/mol. The number of tetrazole rings is 1. The zero-order valence-electron chi connectivity index (χ0n) is 15.7. The Hall–Kier alpha value is -2.24. The first kappa shape index (κ1) is 17.2. The van der Waals surface area contributed by atoms with E-state index < -0.39 is 6.04 Å². The molecule has 1 amide bonds. The van der Waals surface area contributed by atoms with E-state index in [0.29, 0.717) is 11.7 Å². The first-order valence-corrected chi connectivity index (χ1v) is 9.68. The van der Waals surface area contributed by atoms with Gasteiger partial charge in [-0.05, 0) is 63.0 Å². The van der Waals surface area contributed by atoms with Gasteiger partial charge in [0.05, 0.1) is 0 Å². The second-order valence-corrected chi connectivity index (χ2v) is 8.11. The summed E-state index contributed by atoms with van der Waals surface area (Å²) in [7, 11) is 0. The number of fused-ring (bicyclic) bond motifs is 2. The second-order valence-electron chi connectivity index (χ2n) is 8.11. The van der Waals surface area contributed by atoms with Crippen LogP contribution in [0.15, 0.2) is 24.3 Å². The highest BCUT2D eigenvalue weighted by Gasteiger charge is 2.42. The standard InChI is InChI=1S/C20H27N5O/c1-12-4-7-16(8-5-12)19-22-24-25(23-19)14(3)20(26)21-13(2)18-11-15-6-9-17(18)10-15/h4-5,7-8,13-15,17-18H,6,9-11H2,1-3H3,(H,21,26). The van der Waals surface area contributed by atoms with Gasteiger partial charge >= 0.3 is 0 Å². The van der Waals surface area contributed by atoms with Gasteiger partial charge in [-0.25, -0.2) is 0 Å². The van der Waals surface area contributed by atoms with E-state index in [9.17, 15) is 4.79 Å². The maximum absolute atomic E-state index is 12.7. The predicted molar refractivity (Wildman–Crippen MR) is 99.2 cm³/mol. The molecule has 0 saturated heterocycles. The number of aromatic nitrogens is 4. The van der Waals surface area contributed by atoms with Gasteiger partial charge in [0.2, 0.25) is 11.7 Å². The molecule has 1 aromatic carbocycles. The second kappa shape index (κ2) is 6.82. The Morgan fingerprint density at radius 1 is 1.19 bits per heavy atom. The van der Waals surface area contributed by atoms with Gasteiger partial charge in [0, 0.05) is 11.6 Å². The molecule has 2 bridgehead atoms. The molecule has 0 radical (unpaired) electrons. The van der Waals surface area contributed by atoms with Crippen molar-refractivity contribution >= 4 is 5.91 Å². The normalized spacial score (nSPS) is 26.7. The van der Waals surface area contributed by atoms with Crippen molar-refractivity contribution in [3.63, 3.8) is 0 Å². The Morgan fingerprint density at radius 3 is 2.62 bits per heavy atom. The number of hydrogen-bond acceptors (Lipinski definition) is 4. The highest BCUT2D eigenvalue weighted by Crippen LogP contribution is 2.49. The summed E-state index contributed by atoms with van der Waals surface area (Å²) in [5.41, 5.74) is 2.09. The van der Waals surface area contributed by atoms with Crippen molar-refractivity contribution in [2.75, 3.05) is 0 Å². The van der Waals surface area contributed by atoms with Crippen molar-refractivity contribution in [2.45, 2.75) is 58.5 Å². The Labute approximate surface area is 154 Å². The van der Waals surface area contributed by atoms with Crippen molar-refractivity contribution in [2.24, 2.45) is 17.8 Å². The fraction of sp³-hybridized carbons (Fsp3) is 0.600. The summed E-state index contributed by atoms with van der Waals surface area (Å²) in [6, 6.07) is 7.71. The summed E-state index contributed by atoms with van der Waals surface area (Å²) in [6.07, 6.45) is 5.32. The van der Waals surface area contributed by atoms with Crippen molar-refractivity contribution in [3.8, 4) is 11.4 Å². The third kappa shape index (κ3) is 3.24. The number of carbonyl (C=O) groups is 1. The molecule has 138 valence electrons. The molecule has 1 heterocycles. The van der Waals surface area contributed by atoms with Crippen molar-refractivity contribution < 1.29 is 4.79 Å². The van der Waals surface area contributed by atoms with Gasteiger partial charge < -0.3 is 5.32 Å². The Kier molecular flexibility index (Phi) is 4.51. The number of amides is 1. The van der Waals surface area contributed by atoms with Crippen LogP contribution < -0.4 is 5.32 Å². The number of aryl methyl sites for hydroxylation is 1. The minimum absolute atomic E-state index is 0.0341. The molecule has 26 heavy (non-hydrogen) atoms. The van der Waals surface area contributed by atoms with Crippen LogP contribution in [0.4, 0.5) is 0 Å². The van der Waals surface area contributed by atoms with Crippen LogP contribution in [0.3, 0.4) is 0 Å². The predicted octanol–water partition coefficient (Wildman–Crippen LogP) is 3.15. The van der Waals surface area contributed by atoms with E-state index in [1.165, 1.54) is 36.0 Å². The molecular weight excluding hydrogens is 326 g/mol. The molecule has 5 atom stereocenters. The molecule has 6 nitrogen and oxygen atoms in total. The van der Waals surface area contributed by atoms with E-state index >= 15 is 0 Å². The van der Waals surface area contributed by atoms with Gasteiger partial charge in [0.15, 0.2) is 0 Å². The number of nitrogens with one attached hydrogen (secondary N) is 1. The first-order chi connectivity index (χ1) is 12.5. The van der Waals surface area contributed by atoms with E-state index in [4.69, 9.17) is 0 Å². The van der Waals surface area contributed by atoms with E-state index in [0.717, 1.165) is 17.4 Å². The lowest BCUT2D eigenvalue weighted by atomic mass is 9.84. The van der Waals surface area contributed by atoms with Gasteiger partial charge in [-0.2, -0.15) is 4.80 Å².